The number of carboxylic acid groups (broad SMARTS) is 1. The number of H-pyrrole nitrogens is 1. The maximum absolute atomic E-state index is 11.0. The van der Waals surface area contributed by atoms with E-state index in [2.05, 4.69) is 9.97 Å². The number of ether oxygens (including phenoxy) is 1. The second kappa shape index (κ2) is 5.11. The van der Waals surface area contributed by atoms with Gasteiger partial charge in [-0.1, -0.05) is 6.07 Å². The van der Waals surface area contributed by atoms with Crippen molar-refractivity contribution in [2.45, 2.75) is 13.0 Å². The van der Waals surface area contributed by atoms with E-state index in [0.29, 0.717) is 11.3 Å². The molecule has 3 N–H and O–H groups in total. The van der Waals surface area contributed by atoms with E-state index in [1.54, 1.807) is 25.3 Å². The third-order valence-electron chi connectivity index (χ3n) is 2.88. The molecule has 1 atom stereocenters. The molecule has 0 aliphatic heterocycles. The minimum Gasteiger partial charge on any atom is -0.496 e. The van der Waals surface area contributed by atoms with Gasteiger partial charge in [0.05, 0.1) is 19.1 Å². The Morgan fingerprint density at radius 1 is 1.47 bits per heavy atom. The molecule has 100 valence electrons. The van der Waals surface area contributed by atoms with Gasteiger partial charge in [-0.05, 0) is 30.2 Å². The summed E-state index contributed by atoms with van der Waals surface area (Å²) in [5.74, 6) is -0.473. The first kappa shape index (κ1) is 13.1. The third-order valence-corrected chi connectivity index (χ3v) is 2.88. The van der Waals surface area contributed by atoms with Crippen LogP contribution >= 0.6 is 0 Å². The zero-order valence-corrected chi connectivity index (χ0v) is 10.5. The Labute approximate surface area is 109 Å². The molecule has 1 aromatic carbocycles. The van der Waals surface area contributed by atoms with Gasteiger partial charge in [0, 0.05) is 0 Å². The zero-order chi connectivity index (χ0) is 14.0. The van der Waals surface area contributed by atoms with Gasteiger partial charge in [-0.25, -0.2) is 9.78 Å². The first-order chi connectivity index (χ1) is 9.04. The lowest BCUT2D eigenvalue weighted by atomic mass is 10.0. The van der Waals surface area contributed by atoms with Gasteiger partial charge in [0.25, 0.3) is 0 Å². The molecule has 0 radical (unpaired) electrons. The number of imidazole rings is 1. The van der Waals surface area contributed by atoms with Crippen LogP contribution in [0.1, 0.15) is 33.4 Å². The lowest BCUT2D eigenvalue weighted by molar-refractivity contribution is 0.0685. The fraction of sp³-hybridized carbons (Fsp3) is 0.231. The Bertz CT molecular complexity index is 606. The minimum absolute atomic E-state index is 0.164. The zero-order valence-electron chi connectivity index (χ0n) is 10.5. The molecule has 0 saturated carbocycles. The van der Waals surface area contributed by atoms with Crippen LogP contribution in [-0.4, -0.2) is 33.3 Å². The van der Waals surface area contributed by atoms with Crippen LogP contribution in [0.15, 0.2) is 24.5 Å². The summed E-state index contributed by atoms with van der Waals surface area (Å²) >= 11 is 0. The predicted octanol–water partition coefficient (Wildman–Crippen LogP) is 1.51. The molecular formula is C13H14N2O4. The van der Waals surface area contributed by atoms with Gasteiger partial charge in [0.2, 0.25) is 0 Å². The first-order valence-electron chi connectivity index (χ1n) is 5.63. The van der Waals surface area contributed by atoms with Crippen LogP contribution in [0.2, 0.25) is 0 Å². The van der Waals surface area contributed by atoms with Crippen LogP contribution in [0.5, 0.6) is 5.75 Å². The SMILES string of the molecule is COc1ccc(C(O)c2[nH]cnc2C(=O)O)cc1C. The van der Waals surface area contributed by atoms with Gasteiger partial charge in [-0.15, -0.1) is 0 Å². The van der Waals surface area contributed by atoms with Crippen molar-refractivity contribution >= 4 is 5.97 Å². The van der Waals surface area contributed by atoms with Crippen molar-refractivity contribution in [3.8, 4) is 5.75 Å². The molecule has 1 heterocycles. The van der Waals surface area contributed by atoms with Crippen LogP contribution in [0.4, 0.5) is 0 Å². The Morgan fingerprint density at radius 2 is 2.21 bits per heavy atom. The fourth-order valence-electron chi connectivity index (χ4n) is 1.92. The molecule has 0 bridgehead atoms. The summed E-state index contributed by atoms with van der Waals surface area (Å²) in [6, 6.07) is 5.16. The number of aryl methyl sites for hydroxylation is 1. The topological polar surface area (TPSA) is 95.4 Å². The van der Waals surface area contributed by atoms with Crippen LogP contribution in [0.3, 0.4) is 0 Å². The number of aromatic amines is 1. The molecule has 1 aromatic heterocycles. The molecule has 6 heteroatoms. The molecule has 1 unspecified atom stereocenters. The molecule has 2 aromatic rings. The van der Waals surface area contributed by atoms with Crippen molar-refractivity contribution in [3.63, 3.8) is 0 Å². The van der Waals surface area contributed by atoms with Crippen molar-refractivity contribution in [1.29, 1.82) is 0 Å². The third kappa shape index (κ3) is 2.43. The second-order valence-corrected chi connectivity index (χ2v) is 4.10. The highest BCUT2D eigenvalue weighted by Gasteiger charge is 2.21. The van der Waals surface area contributed by atoms with E-state index in [9.17, 15) is 9.90 Å². The summed E-state index contributed by atoms with van der Waals surface area (Å²) in [5, 5.41) is 19.2. The summed E-state index contributed by atoms with van der Waals surface area (Å²) in [6.07, 6.45) is 0.177. The van der Waals surface area contributed by atoms with Crippen LogP contribution in [0.25, 0.3) is 0 Å². The summed E-state index contributed by atoms with van der Waals surface area (Å²) in [7, 11) is 1.57. The van der Waals surface area contributed by atoms with Crippen molar-refractivity contribution in [2.75, 3.05) is 7.11 Å². The monoisotopic (exact) mass is 262 g/mol. The number of rotatable bonds is 4. The highest BCUT2D eigenvalue weighted by Crippen LogP contribution is 2.27. The molecular weight excluding hydrogens is 248 g/mol. The number of nitrogens with zero attached hydrogens (tertiary/aromatic N) is 1. The standard InChI is InChI=1S/C13H14N2O4/c1-7-5-8(3-4-9(7)19-2)12(16)10-11(13(17)18)15-6-14-10/h3-6,12,16H,1-2H3,(H,14,15)(H,17,18). The van der Waals surface area contributed by atoms with E-state index < -0.39 is 12.1 Å². The van der Waals surface area contributed by atoms with E-state index in [1.807, 2.05) is 6.92 Å². The molecule has 0 spiro atoms. The average molecular weight is 262 g/mol. The van der Waals surface area contributed by atoms with Crippen molar-refractivity contribution in [1.82, 2.24) is 9.97 Å². The van der Waals surface area contributed by atoms with Crippen molar-refractivity contribution in [2.24, 2.45) is 0 Å². The van der Waals surface area contributed by atoms with Gasteiger partial charge in [-0.3, -0.25) is 0 Å². The normalized spacial score (nSPS) is 12.2. The molecule has 6 nitrogen and oxygen atoms in total. The number of carbonyl (C=O) groups is 1. The van der Waals surface area contributed by atoms with Crippen molar-refractivity contribution < 1.29 is 19.7 Å². The second-order valence-electron chi connectivity index (χ2n) is 4.10. The number of hydrogen-bond acceptors (Lipinski definition) is 4. The summed E-state index contributed by atoms with van der Waals surface area (Å²) in [6.45, 7) is 1.85. The van der Waals surface area contributed by atoms with Gasteiger partial charge in [0.15, 0.2) is 5.69 Å². The predicted molar refractivity (Wildman–Crippen MR) is 67.3 cm³/mol. The maximum atomic E-state index is 11.0. The molecule has 0 amide bonds. The van der Waals surface area contributed by atoms with Gasteiger partial charge in [0.1, 0.15) is 11.9 Å². The van der Waals surface area contributed by atoms with Crippen LogP contribution in [-0.2, 0) is 0 Å². The van der Waals surface area contributed by atoms with Crippen LogP contribution in [0, 0.1) is 6.92 Å². The van der Waals surface area contributed by atoms with E-state index in [4.69, 9.17) is 9.84 Å². The summed E-state index contributed by atoms with van der Waals surface area (Å²) in [4.78, 5) is 17.3. The fourth-order valence-corrected chi connectivity index (χ4v) is 1.92. The number of hydrogen-bond donors (Lipinski definition) is 3. The molecule has 0 aliphatic rings. The number of carboxylic acids is 1. The van der Waals surface area contributed by atoms with Gasteiger partial charge < -0.3 is 19.9 Å². The first-order valence-corrected chi connectivity index (χ1v) is 5.63. The molecule has 0 fully saturated rings. The minimum atomic E-state index is -1.18. The number of methoxy groups -OCH3 is 1. The Balaban J connectivity index is 2.38. The Kier molecular flexibility index (Phi) is 3.52. The molecule has 0 saturated heterocycles. The van der Waals surface area contributed by atoms with Crippen LogP contribution < -0.4 is 4.74 Å². The summed E-state index contributed by atoms with van der Waals surface area (Å²) < 4.78 is 5.14. The lowest BCUT2D eigenvalue weighted by Crippen LogP contribution is -2.08. The highest BCUT2D eigenvalue weighted by molar-refractivity contribution is 5.86. The largest absolute Gasteiger partial charge is 0.496 e. The number of nitrogens with one attached hydrogen (secondary N) is 1. The molecule has 19 heavy (non-hydrogen) atoms. The smallest absolute Gasteiger partial charge is 0.356 e. The Morgan fingerprint density at radius 3 is 2.79 bits per heavy atom. The number of benzene rings is 1. The maximum Gasteiger partial charge on any atom is 0.356 e. The highest BCUT2D eigenvalue weighted by atomic mass is 16.5. The van der Waals surface area contributed by atoms with Crippen molar-refractivity contribution in [3.05, 3.63) is 47.0 Å². The molecule has 0 aliphatic carbocycles. The van der Waals surface area contributed by atoms with E-state index in [1.165, 1.54) is 6.33 Å². The van der Waals surface area contributed by atoms with E-state index in [-0.39, 0.29) is 11.4 Å². The number of aliphatic hydroxyl groups is 1. The average Bonchev–Trinajstić information content (AvgIpc) is 2.87. The number of aromatic nitrogens is 2. The number of aliphatic hydroxyl groups excluding tert-OH is 1. The van der Waals surface area contributed by atoms with Gasteiger partial charge >= 0.3 is 5.97 Å². The van der Waals surface area contributed by atoms with Gasteiger partial charge in [-0.2, -0.15) is 0 Å². The van der Waals surface area contributed by atoms with E-state index >= 15 is 0 Å². The number of aromatic carboxylic acids is 1. The Hall–Kier alpha value is -2.34. The quantitative estimate of drug-likeness (QED) is 0.776. The van der Waals surface area contributed by atoms with E-state index in [0.717, 1.165) is 5.56 Å². The molecule has 2 rings (SSSR count). The summed E-state index contributed by atoms with van der Waals surface area (Å²) in [5.41, 5.74) is 1.42. The lowest BCUT2D eigenvalue weighted by Gasteiger charge is -2.12.